The number of aryl methyl sites for hydroxylation is 2. The van der Waals surface area contributed by atoms with Crippen molar-refractivity contribution in [3.8, 4) is 23.0 Å². The minimum Gasteiger partial charge on any atom is -0.507 e. The van der Waals surface area contributed by atoms with E-state index < -0.39 is 17.7 Å². The first-order valence-corrected chi connectivity index (χ1v) is 14.0. The standard InChI is InChI=1S/C31H28N2O7S/c1-5-38-20-8-6-18(14-22(20)37-4)27-25(28(34)19-7-9-21-23(15-19)40-11-10-39-21)29(35)30(36)33(27)31-32-26-17(3)12-16(2)13-24(26)41-31/h6-9,12-15,27,34H,5,10-11H2,1-4H3/t27-/m0/s1. The molecule has 1 aromatic heterocycles. The molecular weight excluding hydrogens is 544 g/mol. The van der Waals surface area contributed by atoms with Gasteiger partial charge in [0.1, 0.15) is 19.0 Å². The van der Waals surface area contributed by atoms with Crippen LogP contribution in [0.25, 0.3) is 16.0 Å². The molecule has 1 saturated heterocycles. The van der Waals surface area contributed by atoms with E-state index in [0.29, 0.717) is 59.1 Å². The Hall–Kier alpha value is -4.57. The highest BCUT2D eigenvalue weighted by Crippen LogP contribution is 2.46. The molecule has 0 bridgehead atoms. The normalized spacial score (nSPS) is 17.8. The SMILES string of the molecule is CCOc1ccc([C@H]2C(=C(O)c3ccc4c(c3)OCCO4)C(=O)C(=O)N2c2nc3c(C)cc(C)cc3s2)cc1OC. The number of amides is 1. The Kier molecular flexibility index (Phi) is 6.78. The fraction of sp³-hybridized carbons (Fsp3) is 0.258. The number of ketones is 1. The molecule has 9 nitrogen and oxygen atoms in total. The minimum absolute atomic E-state index is 0.0648. The van der Waals surface area contributed by atoms with E-state index in [1.54, 1.807) is 36.4 Å². The predicted molar refractivity (Wildman–Crippen MR) is 155 cm³/mol. The second kappa shape index (κ2) is 10.4. The number of hydrogen-bond acceptors (Lipinski definition) is 9. The Morgan fingerprint density at radius 1 is 1.05 bits per heavy atom. The summed E-state index contributed by atoms with van der Waals surface area (Å²) in [5.74, 6) is 0.0253. The van der Waals surface area contributed by atoms with E-state index in [9.17, 15) is 14.7 Å². The van der Waals surface area contributed by atoms with Crippen molar-refractivity contribution >= 4 is 44.1 Å². The van der Waals surface area contributed by atoms with Crippen LogP contribution in [0.15, 0.2) is 54.1 Å². The van der Waals surface area contributed by atoms with Crippen LogP contribution in [0.5, 0.6) is 23.0 Å². The van der Waals surface area contributed by atoms with Crippen molar-refractivity contribution in [3.63, 3.8) is 0 Å². The van der Waals surface area contributed by atoms with Crippen molar-refractivity contribution in [1.82, 2.24) is 4.98 Å². The Balaban J connectivity index is 1.56. The van der Waals surface area contributed by atoms with E-state index in [0.717, 1.165) is 21.3 Å². The molecule has 0 saturated carbocycles. The summed E-state index contributed by atoms with van der Waals surface area (Å²) in [6.07, 6.45) is 0. The van der Waals surface area contributed by atoms with Gasteiger partial charge in [0.25, 0.3) is 5.78 Å². The van der Waals surface area contributed by atoms with Gasteiger partial charge >= 0.3 is 5.91 Å². The molecule has 0 spiro atoms. The van der Waals surface area contributed by atoms with Crippen molar-refractivity contribution in [2.45, 2.75) is 26.8 Å². The van der Waals surface area contributed by atoms with Crippen LogP contribution < -0.4 is 23.8 Å². The number of anilines is 1. The second-order valence-corrected chi connectivity index (χ2v) is 10.8. The topological polar surface area (TPSA) is 107 Å². The first-order chi connectivity index (χ1) is 19.8. The Morgan fingerprint density at radius 2 is 1.83 bits per heavy atom. The molecule has 10 heteroatoms. The van der Waals surface area contributed by atoms with Crippen molar-refractivity contribution in [1.29, 1.82) is 0 Å². The molecule has 2 aliphatic heterocycles. The Morgan fingerprint density at radius 3 is 2.59 bits per heavy atom. The summed E-state index contributed by atoms with van der Waals surface area (Å²) in [6, 6.07) is 13.2. The maximum atomic E-state index is 13.7. The Bertz CT molecular complexity index is 1740. The average Bonchev–Trinajstić information content (AvgIpc) is 3.51. The summed E-state index contributed by atoms with van der Waals surface area (Å²) in [5.41, 5.74) is 3.60. The zero-order valence-corrected chi connectivity index (χ0v) is 23.8. The fourth-order valence-corrected chi connectivity index (χ4v) is 6.45. The van der Waals surface area contributed by atoms with Crippen molar-refractivity contribution in [3.05, 3.63) is 76.4 Å². The summed E-state index contributed by atoms with van der Waals surface area (Å²) in [7, 11) is 1.52. The summed E-state index contributed by atoms with van der Waals surface area (Å²) >= 11 is 1.32. The number of thiazole rings is 1. The third kappa shape index (κ3) is 4.54. The number of rotatable bonds is 6. The molecule has 1 N–H and O–H groups in total. The number of hydrogen-bond donors (Lipinski definition) is 1. The number of fused-ring (bicyclic) bond motifs is 2. The first-order valence-electron chi connectivity index (χ1n) is 13.2. The third-order valence-electron chi connectivity index (χ3n) is 7.09. The van der Waals surface area contributed by atoms with Gasteiger partial charge in [-0.15, -0.1) is 0 Å². The van der Waals surface area contributed by atoms with Gasteiger partial charge in [-0.05, 0) is 73.9 Å². The molecule has 0 aliphatic carbocycles. The largest absolute Gasteiger partial charge is 0.507 e. The molecule has 0 unspecified atom stereocenters. The number of aromatic nitrogens is 1. The number of Topliss-reactive ketones (excluding diaryl/α,β-unsaturated/α-hetero) is 1. The number of carbonyl (C=O) groups excluding carboxylic acids is 2. The average molecular weight is 573 g/mol. The van der Waals surface area contributed by atoms with Gasteiger partial charge in [0.15, 0.2) is 28.1 Å². The van der Waals surface area contributed by atoms with Crippen molar-refractivity contribution in [2.24, 2.45) is 0 Å². The van der Waals surface area contributed by atoms with Gasteiger partial charge < -0.3 is 24.1 Å². The lowest BCUT2D eigenvalue weighted by molar-refractivity contribution is -0.132. The van der Waals surface area contributed by atoms with Gasteiger partial charge in [0.2, 0.25) is 0 Å². The lowest BCUT2D eigenvalue weighted by Crippen LogP contribution is -2.29. The molecule has 1 amide bonds. The second-order valence-electron chi connectivity index (χ2n) is 9.80. The number of carbonyl (C=O) groups is 2. The fourth-order valence-electron chi connectivity index (χ4n) is 5.28. The van der Waals surface area contributed by atoms with Crippen molar-refractivity contribution in [2.75, 3.05) is 31.8 Å². The van der Waals surface area contributed by atoms with Crippen LogP contribution in [0.4, 0.5) is 5.13 Å². The third-order valence-corrected chi connectivity index (χ3v) is 8.09. The van der Waals surface area contributed by atoms with Crippen LogP contribution in [0.3, 0.4) is 0 Å². The van der Waals surface area contributed by atoms with Gasteiger partial charge in [0, 0.05) is 5.56 Å². The smallest absolute Gasteiger partial charge is 0.301 e. The molecule has 4 aromatic rings. The Labute approximate surface area is 240 Å². The quantitative estimate of drug-likeness (QED) is 0.178. The van der Waals surface area contributed by atoms with Gasteiger partial charge in [-0.25, -0.2) is 4.98 Å². The highest BCUT2D eigenvalue weighted by atomic mass is 32.1. The summed E-state index contributed by atoms with van der Waals surface area (Å²) < 4.78 is 23.5. The molecule has 1 fully saturated rings. The monoisotopic (exact) mass is 572 g/mol. The molecule has 0 radical (unpaired) electrons. The number of ether oxygens (including phenoxy) is 4. The molecule has 41 heavy (non-hydrogen) atoms. The van der Waals surface area contributed by atoms with E-state index in [2.05, 4.69) is 0 Å². The lowest BCUT2D eigenvalue weighted by atomic mass is 9.95. The highest BCUT2D eigenvalue weighted by molar-refractivity contribution is 7.22. The van der Waals surface area contributed by atoms with E-state index in [-0.39, 0.29) is 11.3 Å². The molecule has 2 aliphatic rings. The van der Waals surface area contributed by atoms with Gasteiger partial charge in [-0.2, -0.15) is 0 Å². The first kappa shape index (κ1) is 26.6. The van der Waals surface area contributed by atoms with Crippen LogP contribution in [0.2, 0.25) is 0 Å². The number of methoxy groups -OCH3 is 1. The van der Waals surface area contributed by atoms with Crippen LogP contribution in [0.1, 0.15) is 35.2 Å². The minimum atomic E-state index is -0.977. The maximum Gasteiger partial charge on any atom is 0.301 e. The molecule has 6 rings (SSSR count). The number of aliphatic hydroxyl groups is 1. The molecule has 3 aromatic carbocycles. The summed E-state index contributed by atoms with van der Waals surface area (Å²) in [5, 5.41) is 12.0. The van der Waals surface area contributed by atoms with Crippen LogP contribution in [0, 0.1) is 13.8 Å². The predicted octanol–water partition coefficient (Wildman–Crippen LogP) is 5.72. The summed E-state index contributed by atoms with van der Waals surface area (Å²) in [4.78, 5) is 33.6. The zero-order chi connectivity index (χ0) is 28.8. The van der Waals surface area contributed by atoms with Gasteiger partial charge in [0.05, 0.1) is 35.5 Å². The van der Waals surface area contributed by atoms with E-state index >= 15 is 0 Å². The van der Waals surface area contributed by atoms with Crippen LogP contribution in [-0.4, -0.2) is 48.7 Å². The van der Waals surface area contributed by atoms with E-state index in [4.69, 9.17) is 23.9 Å². The zero-order valence-electron chi connectivity index (χ0n) is 23.0. The molecule has 210 valence electrons. The van der Waals surface area contributed by atoms with Gasteiger partial charge in [-0.1, -0.05) is 23.5 Å². The highest BCUT2D eigenvalue weighted by Gasteiger charge is 2.48. The molecule has 3 heterocycles. The van der Waals surface area contributed by atoms with E-state index in [1.165, 1.54) is 23.3 Å². The molecule has 1 atom stereocenters. The summed E-state index contributed by atoms with van der Waals surface area (Å²) in [6.45, 7) is 7.05. The number of aliphatic hydroxyl groups excluding tert-OH is 1. The lowest BCUT2D eigenvalue weighted by Gasteiger charge is -2.24. The van der Waals surface area contributed by atoms with Gasteiger partial charge in [-0.3, -0.25) is 14.5 Å². The van der Waals surface area contributed by atoms with Crippen molar-refractivity contribution < 1.29 is 33.6 Å². The number of nitrogens with zero attached hydrogens (tertiary/aromatic N) is 2. The number of benzene rings is 3. The van der Waals surface area contributed by atoms with Crippen LogP contribution >= 0.6 is 11.3 Å². The maximum absolute atomic E-state index is 13.7. The van der Waals surface area contributed by atoms with E-state index in [1.807, 2.05) is 32.9 Å². The molecular formula is C31H28N2O7S. The van der Waals surface area contributed by atoms with Crippen LogP contribution in [-0.2, 0) is 9.59 Å².